The number of hydrogen-bond donors (Lipinski definition) is 0. The van der Waals surface area contributed by atoms with E-state index >= 15 is 0 Å². The van der Waals surface area contributed by atoms with Crippen LogP contribution in [0, 0.1) is 0 Å². The average Bonchev–Trinajstić information content (AvgIpc) is 3.19. The van der Waals surface area contributed by atoms with Crippen molar-refractivity contribution in [2.75, 3.05) is 4.90 Å². The lowest BCUT2D eigenvalue weighted by molar-refractivity contribution is -0.137. The van der Waals surface area contributed by atoms with E-state index in [0.29, 0.717) is 9.47 Å². The fraction of sp³-hybridized carbons (Fsp3) is 0.385. The van der Waals surface area contributed by atoms with Gasteiger partial charge in [0, 0.05) is 19.2 Å². The molecule has 0 spiro atoms. The molecule has 1 aliphatic carbocycles. The van der Waals surface area contributed by atoms with Crippen LogP contribution in [-0.4, -0.2) is 27.1 Å². The maximum Gasteiger partial charge on any atom is 0.417 e. The molecular formula is C13H10ClF3N4OS2. The molecule has 0 N–H and O–H groups in total. The van der Waals surface area contributed by atoms with Gasteiger partial charge in [-0.15, -0.1) is 10.2 Å². The zero-order chi connectivity index (χ0) is 17.5. The van der Waals surface area contributed by atoms with Crippen molar-refractivity contribution in [3.8, 4) is 0 Å². The number of alkyl halides is 3. The smallest absolute Gasteiger partial charge is 0.284 e. The van der Waals surface area contributed by atoms with Gasteiger partial charge in [0.05, 0.1) is 10.6 Å². The number of carbonyl (C=O) groups excluding carboxylic acids is 1. The van der Waals surface area contributed by atoms with Gasteiger partial charge in [0.15, 0.2) is 4.34 Å². The zero-order valence-corrected chi connectivity index (χ0v) is 14.6. The van der Waals surface area contributed by atoms with Gasteiger partial charge >= 0.3 is 6.18 Å². The van der Waals surface area contributed by atoms with Crippen LogP contribution in [-0.2, 0) is 11.0 Å². The Morgan fingerprint density at radius 1 is 1.42 bits per heavy atom. The Labute approximate surface area is 148 Å². The standard InChI is InChI=1S/C13H10ClF3N4OS2/c1-6(22)21(8-2-3-8)11-19-20-12(24-11)23-10-9(14)4-7(5-18-10)13(15,16)17/h4-5,8H,2-3H2,1H3. The van der Waals surface area contributed by atoms with E-state index < -0.39 is 11.7 Å². The summed E-state index contributed by atoms with van der Waals surface area (Å²) in [6.45, 7) is 1.46. The molecule has 0 atom stereocenters. The molecule has 3 rings (SSSR count). The number of halogens is 4. The number of aromatic nitrogens is 3. The van der Waals surface area contributed by atoms with Gasteiger partial charge in [0.1, 0.15) is 5.03 Å². The molecule has 24 heavy (non-hydrogen) atoms. The van der Waals surface area contributed by atoms with E-state index in [1.54, 1.807) is 4.90 Å². The lowest BCUT2D eigenvalue weighted by Gasteiger charge is -2.15. The summed E-state index contributed by atoms with van der Waals surface area (Å²) in [4.78, 5) is 17.0. The Morgan fingerprint density at radius 2 is 2.12 bits per heavy atom. The van der Waals surface area contributed by atoms with Gasteiger partial charge in [0.25, 0.3) is 0 Å². The lowest BCUT2D eigenvalue weighted by atomic mass is 10.3. The number of nitrogens with zero attached hydrogens (tertiary/aromatic N) is 4. The second-order valence-corrected chi connectivity index (χ2v) is 7.68. The van der Waals surface area contributed by atoms with Crippen molar-refractivity contribution < 1.29 is 18.0 Å². The molecule has 0 radical (unpaired) electrons. The molecule has 0 aliphatic heterocycles. The van der Waals surface area contributed by atoms with E-state index in [-0.39, 0.29) is 22.0 Å². The van der Waals surface area contributed by atoms with Crippen molar-refractivity contribution in [1.29, 1.82) is 0 Å². The van der Waals surface area contributed by atoms with Crippen molar-refractivity contribution in [1.82, 2.24) is 15.2 Å². The van der Waals surface area contributed by atoms with E-state index in [4.69, 9.17) is 11.6 Å². The Hall–Kier alpha value is -1.39. The Kier molecular flexibility index (Phi) is 4.71. The summed E-state index contributed by atoms with van der Waals surface area (Å²) in [5.41, 5.74) is -0.911. The van der Waals surface area contributed by atoms with Crippen LogP contribution in [0.5, 0.6) is 0 Å². The second-order valence-electron chi connectivity index (χ2n) is 5.08. The van der Waals surface area contributed by atoms with E-state index in [9.17, 15) is 18.0 Å². The summed E-state index contributed by atoms with van der Waals surface area (Å²) in [5.74, 6) is -0.115. The molecule has 1 fully saturated rings. The molecule has 0 aromatic carbocycles. The second kappa shape index (κ2) is 6.49. The number of pyridine rings is 1. The van der Waals surface area contributed by atoms with Crippen molar-refractivity contribution in [3.05, 3.63) is 22.8 Å². The zero-order valence-electron chi connectivity index (χ0n) is 12.2. The molecule has 11 heteroatoms. The highest BCUT2D eigenvalue weighted by atomic mass is 35.5. The summed E-state index contributed by atoms with van der Waals surface area (Å²) in [7, 11) is 0. The first-order chi connectivity index (χ1) is 11.3. The Bertz CT molecular complexity index is 779. The van der Waals surface area contributed by atoms with Gasteiger partial charge in [-0.25, -0.2) is 4.98 Å². The van der Waals surface area contributed by atoms with Crippen LogP contribution < -0.4 is 4.90 Å². The topological polar surface area (TPSA) is 59.0 Å². The molecular weight excluding hydrogens is 385 g/mol. The van der Waals surface area contributed by atoms with E-state index in [2.05, 4.69) is 15.2 Å². The van der Waals surface area contributed by atoms with Crippen LogP contribution in [0.4, 0.5) is 18.3 Å². The van der Waals surface area contributed by atoms with Crippen molar-refractivity contribution >= 4 is 45.7 Å². The molecule has 2 aromatic heterocycles. The molecule has 2 aromatic rings. The molecule has 0 unspecified atom stereocenters. The molecule has 1 saturated carbocycles. The van der Waals surface area contributed by atoms with E-state index in [1.807, 2.05) is 0 Å². The highest BCUT2D eigenvalue weighted by Crippen LogP contribution is 2.40. The minimum Gasteiger partial charge on any atom is -0.284 e. The minimum atomic E-state index is -4.50. The predicted molar refractivity (Wildman–Crippen MR) is 84.5 cm³/mol. The minimum absolute atomic E-state index is 0.114. The quantitative estimate of drug-likeness (QED) is 0.725. The van der Waals surface area contributed by atoms with Crippen LogP contribution >= 0.6 is 34.7 Å². The van der Waals surface area contributed by atoms with Crippen LogP contribution in [0.2, 0.25) is 5.02 Å². The molecule has 5 nitrogen and oxygen atoms in total. The van der Waals surface area contributed by atoms with Gasteiger partial charge in [-0.1, -0.05) is 22.9 Å². The van der Waals surface area contributed by atoms with Gasteiger partial charge in [-0.05, 0) is 30.7 Å². The van der Waals surface area contributed by atoms with E-state index in [1.165, 1.54) is 18.3 Å². The first kappa shape index (κ1) is 17.4. The molecule has 128 valence electrons. The third-order valence-electron chi connectivity index (χ3n) is 3.17. The molecule has 2 heterocycles. The van der Waals surface area contributed by atoms with Crippen molar-refractivity contribution in [2.24, 2.45) is 0 Å². The summed E-state index contributed by atoms with van der Waals surface area (Å²) in [6, 6.07) is 0.978. The fourth-order valence-electron chi connectivity index (χ4n) is 1.96. The highest BCUT2D eigenvalue weighted by molar-refractivity contribution is 8.01. The summed E-state index contributed by atoms with van der Waals surface area (Å²) in [5, 5.41) is 8.49. The summed E-state index contributed by atoms with van der Waals surface area (Å²) >= 11 is 8.06. The molecule has 0 bridgehead atoms. The summed E-state index contributed by atoms with van der Waals surface area (Å²) in [6.07, 6.45) is -1.92. The van der Waals surface area contributed by atoms with Crippen LogP contribution in [0.15, 0.2) is 21.6 Å². The number of carbonyl (C=O) groups is 1. The fourth-order valence-corrected chi connectivity index (χ4v) is 4.07. The van der Waals surface area contributed by atoms with E-state index in [0.717, 1.165) is 36.9 Å². The number of hydrogen-bond acceptors (Lipinski definition) is 6. The Morgan fingerprint density at radius 3 is 2.67 bits per heavy atom. The van der Waals surface area contributed by atoms with Crippen molar-refractivity contribution in [3.63, 3.8) is 0 Å². The highest BCUT2D eigenvalue weighted by Gasteiger charge is 2.34. The number of amides is 1. The average molecular weight is 395 g/mol. The first-order valence-electron chi connectivity index (χ1n) is 6.79. The van der Waals surface area contributed by atoms with Crippen LogP contribution in [0.1, 0.15) is 25.3 Å². The van der Waals surface area contributed by atoms with Crippen LogP contribution in [0.25, 0.3) is 0 Å². The maximum absolute atomic E-state index is 12.6. The van der Waals surface area contributed by atoms with Gasteiger partial charge in [0.2, 0.25) is 11.0 Å². The molecule has 0 saturated heterocycles. The number of rotatable bonds is 4. The third-order valence-corrected chi connectivity index (χ3v) is 5.56. The maximum atomic E-state index is 12.6. The lowest BCUT2D eigenvalue weighted by Crippen LogP contribution is -2.30. The molecule has 1 aliphatic rings. The predicted octanol–water partition coefficient (Wildman–Crippen LogP) is 4.27. The SMILES string of the molecule is CC(=O)N(c1nnc(Sc2ncc(C(F)(F)F)cc2Cl)s1)C1CC1. The summed E-state index contributed by atoms with van der Waals surface area (Å²) < 4.78 is 38.3. The normalized spacial score (nSPS) is 14.7. The van der Waals surface area contributed by atoms with Gasteiger partial charge < -0.3 is 0 Å². The molecule has 1 amide bonds. The van der Waals surface area contributed by atoms with Gasteiger partial charge in [-0.3, -0.25) is 9.69 Å². The van der Waals surface area contributed by atoms with Crippen molar-refractivity contribution in [2.45, 2.75) is 41.3 Å². The van der Waals surface area contributed by atoms with Crippen LogP contribution in [0.3, 0.4) is 0 Å². The number of anilines is 1. The third kappa shape index (κ3) is 3.81. The Balaban J connectivity index is 1.79. The van der Waals surface area contributed by atoms with Gasteiger partial charge in [-0.2, -0.15) is 13.2 Å². The largest absolute Gasteiger partial charge is 0.417 e. The first-order valence-corrected chi connectivity index (χ1v) is 8.80. The monoisotopic (exact) mass is 394 g/mol.